The molecule has 0 spiro atoms. The molecule has 0 aliphatic heterocycles. The maximum absolute atomic E-state index is 12.8. The van der Waals surface area contributed by atoms with Crippen LogP contribution in [0.1, 0.15) is 39.5 Å². The summed E-state index contributed by atoms with van der Waals surface area (Å²) in [5.41, 5.74) is 5.88. The van der Waals surface area contributed by atoms with E-state index < -0.39 is 66.9 Å². The third-order valence-corrected chi connectivity index (χ3v) is 5.52. The largest absolute Gasteiger partial charge is 0.481 e. The second kappa shape index (κ2) is 15.4. The fourth-order valence-corrected chi connectivity index (χ4v) is 3.02. The van der Waals surface area contributed by atoms with Crippen molar-refractivity contribution < 1.29 is 39.3 Å². The molecule has 0 rings (SSSR count). The second-order valence-corrected chi connectivity index (χ2v) is 8.32. The number of carbonyl (C=O) groups is 5. The van der Waals surface area contributed by atoms with Gasteiger partial charge in [-0.25, -0.2) is 4.79 Å². The van der Waals surface area contributed by atoms with Gasteiger partial charge in [0.25, 0.3) is 0 Å². The maximum atomic E-state index is 12.8. The van der Waals surface area contributed by atoms with Crippen LogP contribution in [0.15, 0.2) is 0 Å². The summed E-state index contributed by atoms with van der Waals surface area (Å²) >= 11 is 1.39. The molecule has 0 saturated heterocycles. The summed E-state index contributed by atoms with van der Waals surface area (Å²) in [6, 6.07) is -4.87. The first-order chi connectivity index (χ1) is 15.0. The van der Waals surface area contributed by atoms with E-state index in [0.717, 1.165) is 0 Å². The number of amides is 3. The summed E-state index contributed by atoms with van der Waals surface area (Å²) in [4.78, 5) is 59.8. The first-order valence-corrected chi connectivity index (χ1v) is 11.6. The smallest absolute Gasteiger partial charge is 0.328 e. The molecule has 0 aromatic heterocycles. The Balaban J connectivity index is 5.47. The first-order valence-electron chi connectivity index (χ1n) is 10.2. The monoisotopic (exact) mass is 478 g/mol. The minimum absolute atomic E-state index is 0.141. The second-order valence-electron chi connectivity index (χ2n) is 7.33. The normalized spacial score (nSPS) is 15.5. The third kappa shape index (κ3) is 10.8. The number of hydrogen-bond acceptors (Lipinski definition) is 8. The minimum Gasteiger partial charge on any atom is -0.481 e. The summed E-state index contributed by atoms with van der Waals surface area (Å²) < 4.78 is 0. The van der Waals surface area contributed by atoms with Crippen molar-refractivity contribution in [2.75, 3.05) is 18.6 Å². The van der Waals surface area contributed by atoms with Gasteiger partial charge < -0.3 is 37.0 Å². The van der Waals surface area contributed by atoms with E-state index in [4.69, 9.17) is 21.1 Å². The van der Waals surface area contributed by atoms with Crippen LogP contribution in [0.4, 0.5) is 0 Å². The van der Waals surface area contributed by atoms with Crippen LogP contribution in [-0.2, 0) is 24.0 Å². The zero-order valence-electron chi connectivity index (χ0n) is 18.5. The lowest BCUT2D eigenvalue weighted by atomic mass is 9.98. The zero-order chi connectivity index (χ0) is 24.8. The highest BCUT2D eigenvalue weighted by atomic mass is 32.2. The van der Waals surface area contributed by atoms with Crippen LogP contribution in [0.2, 0.25) is 0 Å². The Morgan fingerprint density at radius 1 is 0.906 bits per heavy atom. The summed E-state index contributed by atoms with van der Waals surface area (Å²) in [7, 11) is 0. The number of carbonyl (C=O) groups excluding carboxylic acids is 3. The number of aliphatic carboxylic acids is 2. The van der Waals surface area contributed by atoms with Gasteiger partial charge >= 0.3 is 11.9 Å². The van der Waals surface area contributed by atoms with Gasteiger partial charge in [-0.15, -0.1) is 0 Å². The Labute approximate surface area is 191 Å². The number of nitrogens with two attached hydrogens (primary N) is 1. The molecule has 8 N–H and O–H groups in total. The lowest BCUT2D eigenvalue weighted by Gasteiger charge is -2.25. The molecule has 3 amide bonds. The Morgan fingerprint density at radius 2 is 1.41 bits per heavy atom. The lowest BCUT2D eigenvalue weighted by Crippen LogP contribution is -2.58. The van der Waals surface area contributed by atoms with Crippen LogP contribution in [-0.4, -0.2) is 87.8 Å². The average Bonchev–Trinajstić information content (AvgIpc) is 2.75. The molecule has 0 aliphatic carbocycles. The molecule has 0 aromatic carbocycles. The van der Waals surface area contributed by atoms with Gasteiger partial charge in [0.15, 0.2) is 0 Å². The molecular weight excluding hydrogens is 444 g/mol. The van der Waals surface area contributed by atoms with E-state index in [2.05, 4.69) is 16.0 Å². The molecule has 0 radical (unpaired) electrons. The SMILES string of the molecule is CCC(C)C(N)C(=O)NC(CCC(=O)O)C(=O)NC(CCSC)C(=O)NC(CO)C(=O)O. The van der Waals surface area contributed by atoms with Crippen molar-refractivity contribution >= 4 is 41.4 Å². The topological polar surface area (TPSA) is 208 Å². The van der Waals surface area contributed by atoms with Crippen molar-refractivity contribution in [2.24, 2.45) is 11.7 Å². The van der Waals surface area contributed by atoms with Gasteiger partial charge in [-0.2, -0.15) is 11.8 Å². The Hall–Kier alpha value is -2.38. The molecular formula is C19H34N4O8S. The van der Waals surface area contributed by atoms with E-state index in [9.17, 15) is 24.0 Å². The van der Waals surface area contributed by atoms with Crippen LogP contribution in [0.25, 0.3) is 0 Å². The molecule has 0 aromatic rings. The van der Waals surface area contributed by atoms with Gasteiger partial charge in [0.1, 0.15) is 18.1 Å². The summed E-state index contributed by atoms with van der Waals surface area (Å²) in [6.07, 6.45) is 1.89. The maximum Gasteiger partial charge on any atom is 0.328 e. The third-order valence-electron chi connectivity index (χ3n) is 4.88. The molecule has 184 valence electrons. The molecule has 0 fully saturated rings. The molecule has 13 heteroatoms. The molecule has 0 saturated carbocycles. The van der Waals surface area contributed by atoms with Crippen molar-refractivity contribution in [1.29, 1.82) is 0 Å². The van der Waals surface area contributed by atoms with E-state index >= 15 is 0 Å². The van der Waals surface area contributed by atoms with Crippen molar-refractivity contribution in [3.05, 3.63) is 0 Å². The predicted octanol–water partition coefficient (Wildman–Crippen LogP) is -1.49. The number of nitrogens with one attached hydrogen (secondary N) is 3. The van der Waals surface area contributed by atoms with Crippen molar-refractivity contribution in [3.63, 3.8) is 0 Å². The molecule has 5 unspecified atom stereocenters. The standard InChI is InChI=1S/C19H34N4O8S/c1-4-10(2)15(20)18(29)22-11(5-6-14(25)26)16(27)21-12(7-8-32-3)17(28)23-13(9-24)19(30)31/h10-13,15,24H,4-9,20H2,1-3H3,(H,21,27)(H,22,29)(H,23,28)(H,25,26)(H,30,31). The van der Waals surface area contributed by atoms with Gasteiger partial charge in [0.05, 0.1) is 12.6 Å². The van der Waals surface area contributed by atoms with Crippen LogP contribution < -0.4 is 21.7 Å². The van der Waals surface area contributed by atoms with Crippen LogP contribution in [0.5, 0.6) is 0 Å². The Morgan fingerprint density at radius 3 is 1.84 bits per heavy atom. The lowest BCUT2D eigenvalue weighted by molar-refractivity contribution is -0.143. The minimum atomic E-state index is -1.55. The van der Waals surface area contributed by atoms with E-state index in [1.54, 1.807) is 13.2 Å². The zero-order valence-corrected chi connectivity index (χ0v) is 19.3. The van der Waals surface area contributed by atoms with E-state index in [-0.39, 0.29) is 18.8 Å². The van der Waals surface area contributed by atoms with E-state index in [1.807, 2.05) is 6.92 Å². The average molecular weight is 479 g/mol. The highest BCUT2D eigenvalue weighted by Crippen LogP contribution is 2.08. The van der Waals surface area contributed by atoms with Gasteiger partial charge in [-0.3, -0.25) is 19.2 Å². The number of carboxylic acids is 2. The molecule has 0 bridgehead atoms. The summed E-state index contributed by atoms with van der Waals surface area (Å²) in [5.74, 6) is -4.60. The first kappa shape index (κ1) is 29.6. The van der Waals surface area contributed by atoms with Gasteiger partial charge in [-0.05, 0) is 30.8 Å². The number of aliphatic hydroxyl groups excluding tert-OH is 1. The molecule has 0 heterocycles. The summed E-state index contributed by atoms with van der Waals surface area (Å²) in [5, 5.41) is 34.1. The number of aliphatic hydroxyl groups is 1. The van der Waals surface area contributed by atoms with Gasteiger partial charge in [-0.1, -0.05) is 20.3 Å². The molecule has 0 aliphatic rings. The van der Waals surface area contributed by atoms with Gasteiger partial charge in [0, 0.05) is 6.42 Å². The fraction of sp³-hybridized carbons (Fsp3) is 0.737. The van der Waals surface area contributed by atoms with Gasteiger partial charge in [0.2, 0.25) is 17.7 Å². The molecule has 5 atom stereocenters. The van der Waals surface area contributed by atoms with Crippen molar-refractivity contribution in [3.8, 4) is 0 Å². The van der Waals surface area contributed by atoms with E-state index in [1.165, 1.54) is 11.8 Å². The Kier molecular flexibility index (Phi) is 14.3. The van der Waals surface area contributed by atoms with Crippen LogP contribution in [0, 0.1) is 5.92 Å². The number of hydrogen-bond donors (Lipinski definition) is 7. The molecule has 12 nitrogen and oxygen atoms in total. The van der Waals surface area contributed by atoms with Crippen molar-refractivity contribution in [1.82, 2.24) is 16.0 Å². The number of rotatable bonds is 16. The highest BCUT2D eigenvalue weighted by molar-refractivity contribution is 7.98. The van der Waals surface area contributed by atoms with Crippen LogP contribution in [0.3, 0.4) is 0 Å². The molecule has 32 heavy (non-hydrogen) atoms. The fourth-order valence-electron chi connectivity index (χ4n) is 2.55. The number of carboxylic acid groups (broad SMARTS) is 2. The Bertz CT molecular complexity index is 663. The number of thioether (sulfide) groups is 1. The summed E-state index contributed by atoms with van der Waals surface area (Å²) in [6.45, 7) is 2.77. The predicted molar refractivity (Wildman–Crippen MR) is 118 cm³/mol. The van der Waals surface area contributed by atoms with Crippen LogP contribution >= 0.6 is 11.8 Å². The highest BCUT2D eigenvalue weighted by Gasteiger charge is 2.31. The van der Waals surface area contributed by atoms with E-state index in [0.29, 0.717) is 12.2 Å². The quantitative estimate of drug-likeness (QED) is 0.137. The van der Waals surface area contributed by atoms with Crippen molar-refractivity contribution in [2.45, 2.75) is 63.7 Å².